The van der Waals surface area contributed by atoms with Crippen molar-refractivity contribution in [1.29, 1.82) is 0 Å². The maximum absolute atomic E-state index is 5.56. The van der Waals surface area contributed by atoms with Gasteiger partial charge in [0, 0.05) is 11.1 Å². The van der Waals surface area contributed by atoms with E-state index in [0.29, 0.717) is 13.2 Å². The van der Waals surface area contributed by atoms with Gasteiger partial charge in [-0.3, -0.25) is 0 Å². The predicted octanol–water partition coefficient (Wildman–Crippen LogP) is 4.28. The van der Waals surface area contributed by atoms with E-state index < -0.39 is 0 Å². The van der Waals surface area contributed by atoms with Crippen LogP contribution in [-0.4, -0.2) is 19.8 Å². The highest BCUT2D eigenvalue weighted by Gasteiger charge is 1.96. The van der Waals surface area contributed by atoms with E-state index in [2.05, 4.69) is 29.8 Å². The molecule has 0 unspecified atom stereocenters. The van der Waals surface area contributed by atoms with Gasteiger partial charge in [-0.15, -0.1) is 0 Å². The smallest absolute Gasteiger partial charge is 0.120 e. The van der Waals surface area contributed by atoms with Gasteiger partial charge in [0.25, 0.3) is 0 Å². The van der Waals surface area contributed by atoms with Gasteiger partial charge in [-0.2, -0.15) is 0 Å². The molecule has 0 aliphatic heterocycles. The summed E-state index contributed by atoms with van der Waals surface area (Å²) in [6.45, 7) is 6.56. The summed E-state index contributed by atoms with van der Waals surface area (Å²) in [4.78, 5) is 0. The molecule has 0 fully saturated rings. The van der Waals surface area contributed by atoms with Crippen LogP contribution in [0.1, 0.15) is 26.7 Å². The van der Waals surface area contributed by atoms with Gasteiger partial charge in [-0.05, 0) is 37.0 Å². The van der Waals surface area contributed by atoms with E-state index in [1.807, 2.05) is 24.3 Å². The first kappa shape index (κ1) is 14.5. The summed E-state index contributed by atoms with van der Waals surface area (Å²) in [5.41, 5.74) is 0. The third-order valence-electron chi connectivity index (χ3n) is 2.36. The normalized spacial score (nSPS) is 10.8. The van der Waals surface area contributed by atoms with Crippen molar-refractivity contribution in [2.45, 2.75) is 26.7 Å². The van der Waals surface area contributed by atoms with Gasteiger partial charge >= 0.3 is 0 Å². The molecule has 0 spiro atoms. The summed E-state index contributed by atoms with van der Waals surface area (Å²) in [7, 11) is 0. The van der Waals surface area contributed by atoms with Crippen LogP contribution in [-0.2, 0) is 4.74 Å². The van der Waals surface area contributed by atoms with Gasteiger partial charge in [-0.1, -0.05) is 35.8 Å². The SMILES string of the molecule is CC(C)CCCOCCOc1cccc(Br)c1. The van der Waals surface area contributed by atoms with E-state index in [1.165, 1.54) is 6.42 Å². The quantitative estimate of drug-likeness (QED) is 0.667. The van der Waals surface area contributed by atoms with E-state index in [0.717, 1.165) is 29.2 Å². The van der Waals surface area contributed by atoms with Gasteiger partial charge in [0.2, 0.25) is 0 Å². The lowest BCUT2D eigenvalue weighted by Gasteiger charge is -2.08. The van der Waals surface area contributed by atoms with Crippen LogP contribution >= 0.6 is 15.9 Å². The average Bonchev–Trinajstić information content (AvgIpc) is 2.27. The maximum Gasteiger partial charge on any atom is 0.120 e. The Morgan fingerprint density at radius 1 is 1.18 bits per heavy atom. The van der Waals surface area contributed by atoms with Crippen molar-refractivity contribution in [3.05, 3.63) is 28.7 Å². The van der Waals surface area contributed by atoms with Crippen LogP contribution in [0.4, 0.5) is 0 Å². The minimum absolute atomic E-state index is 0.609. The van der Waals surface area contributed by atoms with Crippen LogP contribution < -0.4 is 4.74 Å². The fraction of sp³-hybridized carbons (Fsp3) is 0.571. The monoisotopic (exact) mass is 300 g/mol. The lowest BCUT2D eigenvalue weighted by molar-refractivity contribution is 0.0957. The summed E-state index contributed by atoms with van der Waals surface area (Å²) in [6, 6.07) is 7.85. The number of hydrogen-bond acceptors (Lipinski definition) is 2. The fourth-order valence-electron chi connectivity index (χ4n) is 1.47. The molecular formula is C14H21BrO2. The molecule has 0 atom stereocenters. The lowest BCUT2D eigenvalue weighted by atomic mass is 10.1. The molecule has 1 aromatic carbocycles. The molecule has 0 aromatic heterocycles. The second-order valence-corrected chi connectivity index (χ2v) is 5.37. The summed E-state index contributed by atoms with van der Waals surface area (Å²) in [5, 5.41) is 0. The van der Waals surface area contributed by atoms with Crippen LogP contribution in [0.3, 0.4) is 0 Å². The van der Waals surface area contributed by atoms with Crippen LogP contribution in [0.15, 0.2) is 28.7 Å². The second-order valence-electron chi connectivity index (χ2n) is 4.45. The zero-order valence-corrected chi connectivity index (χ0v) is 12.2. The van der Waals surface area contributed by atoms with Crippen molar-refractivity contribution in [1.82, 2.24) is 0 Å². The largest absolute Gasteiger partial charge is 0.491 e. The topological polar surface area (TPSA) is 18.5 Å². The number of rotatable bonds is 8. The molecule has 0 saturated heterocycles. The molecule has 1 aromatic rings. The third kappa shape index (κ3) is 7.40. The third-order valence-corrected chi connectivity index (χ3v) is 2.86. The Morgan fingerprint density at radius 3 is 2.71 bits per heavy atom. The molecule has 0 radical (unpaired) electrons. The first-order valence-electron chi connectivity index (χ1n) is 6.14. The predicted molar refractivity (Wildman–Crippen MR) is 74.5 cm³/mol. The minimum atomic E-state index is 0.609. The summed E-state index contributed by atoms with van der Waals surface area (Å²) < 4.78 is 12.1. The molecule has 96 valence electrons. The second kappa shape index (κ2) is 8.54. The number of benzene rings is 1. The molecule has 0 bridgehead atoms. The number of ether oxygens (including phenoxy) is 2. The fourth-order valence-corrected chi connectivity index (χ4v) is 1.85. The molecule has 0 saturated carbocycles. The van der Waals surface area contributed by atoms with Crippen molar-refractivity contribution in [3.63, 3.8) is 0 Å². The zero-order valence-electron chi connectivity index (χ0n) is 10.6. The molecule has 3 heteroatoms. The number of hydrogen-bond donors (Lipinski definition) is 0. The Morgan fingerprint density at radius 2 is 2.00 bits per heavy atom. The molecule has 0 aliphatic rings. The Balaban J connectivity index is 2.01. The first-order chi connectivity index (χ1) is 8.18. The molecule has 17 heavy (non-hydrogen) atoms. The highest BCUT2D eigenvalue weighted by Crippen LogP contribution is 2.17. The summed E-state index contributed by atoms with van der Waals surface area (Å²) in [6.07, 6.45) is 2.36. The van der Waals surface area contributed by atoms with Crippen molar-refractivity contribution in [2.24, 2.45) is 5.92 Å². The zero-order chi connectivity index (χ0) is 12.5. The van der Waals surface area contributed by atoms with E-state index in [1.54, 1.807) is 0 Å². The molecule has 0 amide bonds. The van der Waals surface area contributed by atoms with Crippen LogP contribution in [0.2, 0.25) is 0 Å². The van der Waals surface area contributed by atoms with Crippen molar-refractivity contribution >= 4 is 15.9 Å². The molecular weight excluding hydrogens is 280 g/mol. The van der Waals surface area contributed by atoms with E-state index in [4.69, 9.17) is 9.47 Å². The Kier molecular flexibility index (Phi) is 7.29. The highest BCUT2D eigenvalue weighted by molar-refractivity contribution is 9.10. The average molecular weight is 301 g/mol. The summed E-state index contributed by atoms with van der Waals surface area (Å²) in [5.74, 6) is 1.64. The van der Waals surface area contributed by atoms with Crippen molar-refractivity contribution < 1.29 is 9.47 Å². The standard InChI is InChI=1S/C14H21BrO2/c1-12(2)5-4-8-16-9-10-17-14-7-3-6-13(15)11-14/h3,6-7,11-12H,4-5,8-10H2,1-2H3. The van der Waals surface area contributed by atoms with Gasteiger partial charge in [0.1, 0.15) is 12.4 Å². The lowest BCUT2D eigenvalue weighted by Crippen LogP contribution is -2.07. The molecule has 2 nitrogen and oxygen atoms in total. The van der Waals surface area contributed by atoms with Gasteiger partial charge in [-0.25, -0.2) is 0 Å². The highest BCUT2D eigenvalue weighted by atomic mass is 79.9. The van der Waals surface area contributed by atoms with Gasteiger partial charge in [0.05, 0.1) is 6.61 Å². The van der Waals surface area contributed by atoms with Crippen LogP contribution in [0.25, 0.3) is 0 Å². The Bertz CT molecular complexity index is 313. The van der Waals surface area contributed by atoms with Gasteiger partial charge in [0.15, 0.2) is 0 Å². The van der Waals surface area contributed by atoms with Crippen molar-refractivity contribution in [2.75, 3.05) is 19.8 Å². The van der Waals surface area contributed by atoms with E-state index in [9.17, 15) is 0 Å². The van der Waals surface area contributed by atoms with Gasteiger partial charge < -0.3 is 9.47 Å². The Labute approximate surface area is 112 Å². The van der Waals surface area contributed by atoms with Crippen LogP contribution in [0.5, 0.6) is 5.75 Å². The Hall–Kier alpha value is -0.540. The maximum atomic E-state index is 5.56. The minimum Gasteiger partial charge on any atom is -0.491 e. The van der Waals surface area contributed by atoms with Crippen molar-refractivity contribution in [3.8, 4) is 5.75 Å². The van der Waals surface area contributed by atoms with E-state index >= 15 is 0 Å². The molecule has 0 aliphatic carbocycles. The summed E-state index contributed by atoms with van der Waals surface area (Å²) >= 11 is 3.41. The van der Waals surface area contributed by atoms with E-state index in [-0.39, 0.29) is 0 Å². The molecule has 0 heterocycles. The molecule has 0 N–H and O–H groups in total. The first-order valence-corrected chi connectivity index (χ1v) is 6.94. The van der Waals surface area contributed by atoms with Crippen LogP contribution in [0, 0.1) is 5.92 Å². The molecule has 1 rings (SSSR count). The number of halogens is 1.